The number of rotatable bonds is 0. The van der Waals surface area contributed by atoms with Gasteiger partial charge in [0.05, 0.1) is 5.52 Å². The van der Waals surface area contributed by atoms with Crippen LogP contribution in [0.2, 0.25) is 0 Å². The summed E-state index contributed by atoms with van der Waals surface area (Å²) in [6.45, 7) is 0. The van der Waals surface area contributed by atoms with Gasteiger partial charge in [0.25, 0.3) is 0 Å². The highest BCUT2D eigenvalue weighted by molar-refractivity contribution is 9.10. The lowest BCUT2D eigenvalue weighted by Gasteiger charge is -1.98. The molecule has 2 aromatic carbocycles. The number of H-pyrrole nitrogens is 1. The van der Waals surface area contributed by atoms with Gasteiger partial charge in [-0.05, 0) is 24.3 Å². The second-order valence-electron chi connectivity index (χ2n) is 4.76. The molecule has 2 heterocycles. The van der Waals surface area contributed by atoms with Crippen molar-refractivity contribution >= 4 is 64.7 Å². The van der Waals surface area contributed by atoms with E-state index in [-0.39, 0.29) is 0 Å². The Bertz CT molecular complexity index is 947. The fourth-order valence-electron chi connectivity index (χ4n) is 2.79. The van der Waals surface area contributed by atoms with Gasteiger partial charge in [-0.1, -0.05) is 44.0 Å². The Morgan fingerprint density at radius 2 is 1.63 bits per heavy atom. The molecule has 2 aromatic heterocycles. The molecule has 1 N–H and O–H groups in total. The van der Waals surface area contributed by atoms with Crippen LogP contribution in [0.4, 0.5) is 0 Å². The number of nitrogens with one attached hydrogen (secondary N) is 1. The largest absolute Gasteiger partial charge is 0.341 e. The minimum Gasteiger partial charge on any atom is -0.341 e. The van der Waals surface area contributed by atoms with Crippen LogP contribution in [0, 0.1) is 0 Å². The van der Waals surface area contributed by atoms with E-state index in [0.29, 0.717) is 0 Å². The van der Waals surface area contributed by atoms with E-state index in [1.54, 1.807) is 0 Å². The molecule has 0 unspecified atom stereocenters. The molecule has 0 saturated carbocycles. The van der Waals surface area contributed by atoms with Gasteiger partial charge in [-0.25, -0.2) is 0 Å². The predicted molar refractivity (Wildman–Crippen MR) is 87.7 cm³/mol. The molecule has 4 rings (SSSR count). The third kappa shape index (κ3) is 1.53. The van der Waals surface area contributed by atoms with E-state index in [1.807, 2.05) is 0 Å². The van der Waals surface area contributed by atoms with Crippen molar-refractivity contribution in [1.29, 1.82) is 0 Å². The van der Waals surface area contributed by atoms with E-state index in [9.17, 15) is 0 Å². The maximum Gasteiger partial charge on any atom is 0.119 e. The summed E-state index contributed by atoms with van der Waals surface area (Å²) in [4.78, 5) is 3.51. The lowest BCUT2D eigenvalue weighted by molar-refractivity contribution is 0.996. The molecule has 19 heavy (non-hydrogen) atoms. The number of halogens is 2. The Morgan fingerprint density at radius 1 is 0.947 bits per heavy atom. The first-order chi connectivity index (χ1) is 9.15. The van der Waals surface area contributed by atoms with E-state index in [0.717, 1.165) is 8.95 Å². The molecule has 4 aromatic rings. The average molecular weight is 378 g/mol. The van der Waals surface area contributed by atoms with Gasteiger partial charge < -0.3 is 9.55 Å². The van der Waals surface area contributed by atoms with Crippen molar-refractivity contribution in [3.63, 3.8) is 0 Å². The van der Waals surface area contributed by atoms with E-state index in [2.05, 4.69) is 84.9 Å². The van der Waals surface area contributed by atoms with E-state index in [1.165, 1.54) is 32.8 Å². The number of hydrogen-bond donors (Lipinski definition) is 1. The van der Waals surface area contributed by atoms with Crippen LogP contribution < -0.4 is 0 Å². The first kappa shape index (κ1) is 11.6. The molecule has 0 aliphatic rings. The highest BCUT2D eigenvalue weighted by Crippen LogP contribution is 2.36. The second-order valence-corrected chi connectivity index (χ2v) is 6.59. The zero-order valence-corrected chi connectivity index (χ0v) is 13.3. The maximum atomic E-state index is 3.54. The molecule has 0 spiro atoms. The van der Waals surface area contributed by atoms with Crippen LogP contribution in [0.3, 0.4) is 0 Å². The summed E-state index contributed by atoms with van der Waals surface area (Å²) in [6, 6.07) is 12.8. The van der Waals surface area contributed by atoms with E-state index < -0.39 is 0 Å². The minimum atomic E-state index is 1.10. The average Bonchev–Trinajstić information content (AvgIpc) is 2.86. The van der Waals surface area contributed by atoms with Crippen molar-refractivity contribution in [2.24, 2.45) is 7.05 Å². The third-order valence-corrected chi connectivity index (χ3v) is 4.65. The SMILES string of the molecule is Cn1c2cc(Br)ccc2c2c3ccc(Br)cc3[nH]c21. The standard InChI is InChI=1S/C15H10Br2N2/c1-19-13-7-9(17)3-5-11(13)14-10-4-2-8(16)6-12(10)18-15(14)19/h2-7,18H,1H3. The molecular formula is C15H10Br2N2. The Morgan fingerprint density at radius 3 is 2.42 bits per heavy atom. The Kier molecular flexibility index (Phi) is 2.35. The number of nitrogens with zero attached hydrogens (tertiary/aromatic N) is 1. The fourth-order valence-corrected chi connectivity index (χ4v) is 3.50. The van der Waals surface area contributed by atoms with Crippen molar-refractivity contribution < 1.29 is 0 Å². The first-order valence-electron chi connectivity index (χ1n) is 6.00. The summed E-state index contributed by atoms with van der Waals surface area (Å²) in [7, 11) is 2.10. The molecular weight excluding hydrogens is 368 g/mol. The summed E-state index contributed by atoms with van der Waals surface area (Å²) in [6.07, 6.45) is 0. The van der Waals surface area contributed by atoms with Crippen LogP contribution in [-0.2, 0) is 7.05 Å². The minimum absolute atomic E-state index is 1.10. The molecule has 0 aliphatic heterocycles. The first-order valence-corrected chi connectivity index (χ1v) is 7.58. The van der Waals surface area contributed by atoms with Gasteiger partial charge in [-0.2, -0.15) is 0 Å². The maximum absolute atomic E-state index is 3.54. The highest BCUT2D eigenvalue weighted by atomic mass is 79.9. The molecule has 0 fully saturated rings. The summed E-state index contributed by atoms with van der Waals surface area (Å²) < 4.78 is 4.41. The van der Waals surface area contributed by atoms with Crippen molar-refractivity contribution in [3.8, 4) is 0 Å². The molecule has 0 aliphatic carbocycles. The van der Waals surface area contributed by atoms with Gasteiger partial charge in [0.15, 0.2) is 0 Å². The number of aryl methyl sites for hydroxylation is 1. The van der Waals surface area contributed by atoms with E-state index >= 15 is 0 Å². The molecule has 0 amide bonds. The fraction of sp³-hybridized carbons (Fsp3) is 0.0667. The van der Waals surface area contributed by atoms with Gasteiger partial charge in [-0.15, -0.1) is 0 Å². The Hall–Kier alpha value is -1.26. The molecule has 0 atom stereocenters. The van der Waals surface area contributed by atoms with Crippen molar-refractivity contribution in [3.05, 3.63) is 45.3 Å². The van der Waals surface area contributed by atoms with Gasteiger partial charge >= 0.3 is 0 Å². The molecule has 0 radical (unpaired) electrons. The van der Waals surface area contributed by atoms with Crippen LogP contribution in [0.1, 0.15) is 0 Å². The van der Waals surface area contributed by atoms with Gasteiger partial charge in [0.1, 0.15) is 5.65 Å². The smallest absolute Gasteiger partial charge is 0.119 e. The molecule has 0 saturated heterocycles. The molecule has 0 bridgehead atoms. The quantitative estimate of drug-likeness (QED) is 0.427. The summed E-state index contributed by atoms with van der Waals surface area (Å²) >= 11 is 7.06. The van der Waals surface area contributed by atoms with Gasteiger partial charge in [0, 0.05) is 37.7 Å². The van der Waals surface area contributed by atoms with Crippen LogP contribution in [0.5, 0.6) is 0 Å². The molecule has 94 valence electrons. The van der Waals surface area contributed by atoms with Crippen molar-refractivity contribution in [2.45, 2.75) is 0 Å². The Balaban J connectivity index is 2.30. The van der Waals surface area contributed by atoms with Crippen LogP contribution in [-0.4, -0.2) is 9.55 Å². The normalized spacial score (nSPS) is 11.9. The molecule has 2 nitrogen and oxygen atoms in total. The number of aromatic amines is 1. The van der Waals surface area contributed by atoms with Crippen molar-refractivity contribution in [1.82, 2.24) is 9.55 Å². The summed E-state index contributed by atoms with van der Waals surface area (Å²) in [5, 5.41) is 3.85. The lowest BCUT2D eigenvalue weighted by Crippen LogP contribution is -1.87. The van der Waals surface area contributed by atoms with Crippen LogP contribution >= 0.6 is 31.9 Å². The number of aromatic nitrogens is 2. The van der Waals surface area contributed by atoms with Crippen LogP contribution in [0.25, 0.3) is 32.8 Å². The zero-order chi connectivity index (χ0) is 13.1. The van der Waals surface area contributed by atoms with Gasteiger partial charge in [-0.3, -0.25) is 0 Å². The third-order valence-electron chi connectivity index (χ3n) is 3.67. The van der Waals surface area contributed by atoms with Gasteiger partial charge in [0.2, 0.25) is 0 Å². The predicted octanol–water partition coefficient (Wildman–Crippen LogP) is 5.34. The lowest BCUT2D eigenvalue weighted by atomic mass is 10.1. The monoisotopic (exact) mass is 376 g/mol. The van der Waals surface area contributed by atoms with Crippen molar-refractivity contribution in [2.75, 3.05) is 0 Å². The highest BCUT2D eigenvalue weighted by Gasteiger charge is 2.14. The summed E-state index contributed by atoms with van der Waals surface area (Å²) in [5.74, 6) is 0. The van der Waals surface area contributed by atoms with E-state index in [4.69, 9.17) is 0 Å². The molecule has 4 heteroatoms. The topological polar surface area (TPSA) is 20.7 Å². The second kappa shape index (κ2) is 3.87. The number of benzene rings is 2. The zero-order valence-electron chi connectivity index (χ0n) is 10.2. The Labute approximate surface area is 126 Å². The number of hydrogen-bond acceptors (Lipinski definition) is 0. The number of fused-ring (bicyclic) bond motifs is 5. The van der Waals surface area contributed by atoms with Crippen LogP contribution in [0.15, 0.2) is 45.3 Å². The summed E-state index contributed by atoms with van der Waals surface area (Å²) in [5.41, 5.74) is 3.57.